The maximum atomic E-state index is 9.23. The second kappa shape index (κ2) is 9.13. The zero-order valence-electron chi connectivity index (χ0n) is 21.3. The first-order chi connectivity index (χ1) is 14.7. The van der Waals surface area contributed by atoms with E-state index in [9.17, 15) is 5.26 Å². The summed E-state index contributed by atoms with van der Waals surface area (Å²) < 4.78 is 0. The molecule has 4 rings (SSSR count). The molecule has 178 valence electrons. The smallest absolute Gasteiger partial charge is 0.0964 e. The summed E-state index contributed by atoms with van der Waals surface area (Å²) in [5.41, 5.74) is 2.52. The molecule has 31 heavy (non-hydrogen) atoms. The van der Waals surface area contributed by atoms with Crippen LogP contribution in [0.25, 0.3) is 0 Å². The molecule has 0 heterocycles. The summed E-state index contributed by atoms with van der Waals surface area (Å²) in [7, 11) is 0. The lowest BCUT2D eigenvalue weighted by Crippen LogP contribution is -2.51. The fourth-order valence-corrected chi connectivity index (χ4v) is 9.38. The second-order valence-corrected chi connectivity index (χ2v) is 12.9. The van der Waals surface area contributed by atoms with Gasteiger partial charge in [0.1, 0.15) is 0 Å². The van der Waals surface area contributed by atoms with Gasteiger partial charge in [0, 0.05) is 0 Å². The summed E-state index contributed by atoms with van der Waals surface area (Å²) in [6.45, 7) is 15.1. The molecule has 4 aliphatic rings. The average molecular weight is 431 g/mol. The van der Waals surface area contributed by atoms with Crippen LogP contribution in [0.3, 0.4) is 0 Å². The maximum absolute atomic E-state index is 9.23. The molecule has 9 atom stereocenters. The molecule has 0 saturated heterocycles. The minimum Gasteiger partial charge on any atom is -0.252 e. The van der Waals surface area contributed by atoms with E-state index < -0.39 is 0 Å². The molecule has 0 radical (unpaired) electrons. The SMILES string of the molecule is CC[C@@H](CC[C@@H](C)[C@H]1CC[C@H]2[C@@H]3CC=C4C[C@@H](OO)CC[C@]4(C)[C@H]3CC[C@]12C)C(C)C. The predicted octanol–water partition coefficient (Wildman–Crippen LogP) is 8.52. The normalized spacial score (nSPS) is 44.3. The Kier molecular flexibility index (Phi) is 7.01. The molecule has 0 unspecified atom stereocenters. The lowest BCUT2D eigenvalue weighted by Gasteiger charge is -2.58. The Hall–Kier alpha value is -0.340. The highest BCUT2D eigenvalue weighted by Crippen LogP contribution is 2.67. The third-order valence-electron chi connectivity index (χ3n) is 11.4. The first-order valence-corrected chi connectivity index (χ1v) is 13.7. The summed E-state index contributed by atoms with van der Waals surface area (Å²) in [6, 6.07) is 0. The summed E-state index contributed by atoms with van der Waals surface area (Å²) >= 11 is 0. The lowest BCUT2D eigenvalue weighted by atomic mass is 9.47. The topological polar surface area (TPSA) is 29.5 Å². The third-order valence-corrected chi connectivity index (χ3v) is 11.4. The van der Waals surface area contributed by atoms with Gasteiger partial charge in [-0.1, -0.05) is 66.0 Å². The summed E-state index contributed by atoms with van der Waals surface area (Å²) in [4.78, 5) is 4.77. The highest BCUT2D eigenvalue weighted by atomic mass is 17.1. The van der Waals surface area contributed by atoms with Gasteiger partial charge in [0.15, 0.2) is 0 Å². The van der Waals surface area contributed by atoms with Crippen molar-refractivity contribution in [2.45, 2.75) is 118 Å². The van der Waals surface area contributed by atoms with E-state index in [0.717, 1.165) is 54.3 Å². The van der Waals surface area contributed by atoms with Crippen molar-refractivity contribution >= 4 is 0 Å². The van der Waals surface area contributed by atoms with Gasteiger partial charge in [-0.15, -0.1) is 0 Å². The fraction of sp³-hybridized carbons (Fsp3) is 0.931. The molecule has 0 bridgehead atoms. The Morgan fingerprint density at radius 3 is 2.48 bits per heavy atom. The fourth-order valence-electron chi connectivity index (χ4n) is 9.38. The number of rotatable bonds is 7. The van der Waals surface area contributed by atoms with E-state index in [4.69, 9.17) is 4.89 Å². The van der Waals surface area contributed by atoms with Gasteiger partial charge in [0.05, 0.1) is 6.10 Å². The number of allylic oxidation sites excluding steroid dienone is 1. The van der Waals surface area contributed by atoms with E-state index >= 15 is 0 Å². The van der Waals surface area contributed by atoms with Crippen LogP contribution < -0.4 is 0 Å². The van der Waals surface area contributed by atoms with Gasteiger partial charge in [-0.05, 0) is 110 Å². The van der Waals surface area contributed by atoms with E-state index in [-0.39, 0.29) is 6.10 Å². The van der Waals surface area contributed by atoms with Crippen molar-refractivity contribution in [2.24, 2.45) is 52.3 Å². The van der Waals surface area contributed by atoms with Crippen LogP contribution in [0.2, 0.25) is 0 Å². The summed E-state index contributed by atoms with van der Waals surface area (Å²) in [6.07, 6.45) is 17.1. The van der Waals surface area contributed by atoms with Crippen LogP contribution in [-0.4, -0.2) is 11.4 Å². The molecule has 3 fully saturated rings. The molecule has 0 amide bonds. The van der Waals surface area contributed by atoms with Gasteiger partial charge in [-0.25, -0.2) is 4.89 Å². The molecular formula is C29H50O2. The van der Waals surface area contributed by atoms with Gasteiger partial charge >= 0.3 is 0 Å². The van der Waals surface area contributed by atoms with E-state index in [1.165, 1.54) is 57.8 Å². The largest absolute Gasteiger partial charge is 0.252 e. The molecule has 0 aliphatic heterocycles. The number of hydrogen-bond acceptors (Lipinski definition) is 2. The predicted molar refractivity (Wildman–Crippen MR) is 130 cm³/mol. The molecule has 0 aromatic rings. The molecule has 1 N–H and O–H groups in total. The lowest BCUT2D eigenvalue weighted by molar-refractivity contribution is -0.284. The maximum Gasteiger partial charge on any atom is 0.0964 e. The number of hydrogen-bond donors (Lipinski definition) is 1. The molecule has 4 aliphatic carbocycles. The minimum absolute atomic E-state index is 0.0271. The molecule has 2 heteroatoms. The van der Waals surface area contributed by atoms with Crippen molar-refractivity contribution < 1.29 is 10.1 Å². The van der Waals surface area contributed by atoms with E-state index in [1.54, 1.807) is 5.57 Å². The van der Waals surface area contributed by atoms with Gasteiger partial charge in [0.25, 0.3) is 0 Å². The van der Waals surface area contributed by atoms with Crippen molar-refractivity contribution in [3.8, 4) is 0 Å². The highest BCUT2D eigenvalue weighted by Gasteiger charge is 2.59. The zero-order chi connectivity index (χ0) is 22.4. The van der Waals surface area contributed by atoms with E-state index in [0.29, 0.717) is 10.8 Å². The van der Waals surface area contributed by atoms with Crippen LogP contribution in [0.1, 0.15) is 112 Å². The van der Waals surface area contributed by atoms with Crippen molar-refractivity contribution in [3.05, 3.63) is 11.6 Å². The quantitative estimate of drug-likeness (QED) is 0.249. The standard InChI is InChI=1S/C29H50O2/c1-7-21(19(2)3)9-8-20(4)25-12-13-26-24-11-10-22-18-23(31-30)14-16-28(22,5)27(24)15-17-29(25,26)6/h10,19-21,23-27,30H,7-9,11-18H2,1-6H3/t20-,21+,23+,24+,25-,26+,27+,28+,29-/m1/s1. The van der Waals surface area contributed by atoms with Crippen molar-refractivity contribution in [3.63, 3.8) is 0 Å². The molecule has 0 aromatic heterocycles. The molecular weight excluding hydrogens is 380 g/mol. The Morgan fingerprint density at radius 1 is 1.03 bits per heavy atom. The monoisotopic (exact) mass is 430 g/mol. The summed E-state index contributed by atoms with van der Waals surface area (Å²) in [5, 5.41) is 9.23. The van der Waals surface area contributed by atoms with Gasteiger partial charge in [0.2, 0.25) is 0 Å². The van der Waals surface area contributed by atoms with Crippen LogP contribution in [-0.2, 0) is 4.89 Å². The van der Waals surface area contributed by atoms with E-state index in [2.05, 4.69) is 47.6 Å². The Balaban J connectivity index is 1.47. The van der Waals surface area contributed by atoms with Gasteiger partial charge in [-0.3, -0.25) is 5.26 Å². The van der Waals surface area contributed by atoms with Crippen LogP contribution in [0.4, 0.5) is 0 Å². The Bertz CT molecular complexity index is 653. The van der Waals surface area contributed by atoms with Crippen molar-refractivity contribution in [1.82, 2.24) is 0 Å². The zero-order valence-corrected chi connectivity index (χ0v) is 21.3. The molecule has 0 aromatic carbocycles. The second-order valence-electron chi connectivity index (χ2n) is 12.9. The Labute approximate surface area is 192 Å². The van der Waals surface area contributed by atoms with E-state index in [1.807, 2.05) is 0 Å². The van der Waals surface area contributed by atoms with Crippen molar-refractivity contribution in [2.75, 3.05) is 0 Å². The molecule has 0 spiro atoms. The summed E-state index contributed by atoms with van der Waals surface area (Å²) in [5.74, 6) is 6.20. The van der Waals surface area contributed by atoms with Gasteiger partial charge in [-0.2, -0.15) is 0 Å². The molecule has 2 nitrogen and oxygen atoms in total. The highest BCUT2D eigenvalue weighted by molar-refractivity contribution is 5.25. The number of fused-ring (bicyclic) bond motifs is 5. The van der Waals surface area contributed by atoms with Crippen LogP contribution in [0, 0.1) is 52.3 Å². The Morgan fingerprint density at radius 2 is 1.81 bits per heavy atom. The van der Waals surface area contributed by atoms with Crippen molar-refractivity contribution in [1.29, 1.82) is 0 Å². The van der Waals surface area contributed by atoms with Crippen LogP contribution in [0.5, 0.6) is 0 Å². The first-order valence-electron chi connectivity index (χ1n) is 13.7. The first kappa shape index (κ1) is 23.8. The van der Waals surface area contributed by atoms with Crippen LogP contribution >= 0.6 is 0 Å². The van der Waals surface area contributed by atoms with Crippen LogP contribution in [0.15, 0.2) is 11.6 Å². The minimum atomic E-state index is 0.0271. The third kappa shape index (κ3) is 4.07. The molecule has 3 saturated carbocycles. The average Bonchev–Trinajstić information content (AvgIpc) is 3.10. The van der Waals surface area contributed by atoms with Gasteiger partial charge < -0.3 is 0 Å².